The molecule has 4 heterocycles. The minimum atomic E-state index is -0.746. The van der Waals surface area contributed by atoms with E-state index in [1.807, 2.05) is 32.0 Å². The number of rotatable bonds is 4. The van der Waals surface area contributed by atoms with Gasteiger partial charge < -0.3 is 10.0 Å². The van der Waals surface area contributed by atoms with Crippen LogP contribution >= 0.6 is 0 Å². The summed E-state index contributed by atoms with van der Waals surface area (Å²) in [7, 11) is 1.71. The first-order chi connectivity index (χ1) is 17.5. The number of hydrogen-bond acceptors (Lipinski definition) is 6. The molecule has 1 saturated carbocycles. The lowest BCUT2D eigenvalue weighted by Crippen LogP contribution is -2.32. The molecule has 3 aromatic heterocycles. The van der Waals surface area contributed by atoms with E-state index in [9.17, 15) is 14.8 Å². The van der Waals surface area contributed by atoms with Crippen molar-refractivity contribution in [2.75, 3.05) is 18.0 Å². The molecule has 184 valence electrons. The Bertz CT molecular complexity index is 1460. The summed E-state index contributed by atoms with van der Waals surface area (Å²) < 4.78 is 16.2. The van der Waals surface area contributed by atoms with Crippen molar-refractivity contribution < 1.29 is 9.50 Å². The number of halogens is 1. The van der Waals surface area contributed by atoms with E-state index in [2.05, 4.69) is 21.0 Å². The van der Waals surface area contributed by atoms with E-state index < -0.39 is 11.6 Å². The SMILES string of the molecule is CC.Cn1cc2cc(-c3ccc4nc(N5CCC(B(C#N)C6CCC6)C5)ccc4n3)c(O)c(F)c2n1. The maximum Gasteiger partial charge on any atom is 0.275 e. The minimum Gasteiger partial charge on any atom is -0.504 e. The molecule has 7 nitrogen and oxygen atoms in total. The predicted octanol–water partition coefficient (Wildman–Crippen LogP) is 5.75. The number of nitriles is 1. The van der Waals surface area contributed by atoms with Gasteiger partial charge in [0.1, 0.15) is 11.3 Å². The lowest BCUT2D eigenvalue weighted by Gasteiger charge is -2.30. The highest BCUT2D eigenvalue weighted by atomic mass is 19.1. The molecule has 1 atom stereocenters. The molecule has 36 heavy (non-hydrogen) atoms. The Hall–Kier alpha value is -3.67. The Morgan fingerprint density at radius 2 is 1.83 bits per heavy atom. The number of fused-ring (bicyclic) bond motifs is 2. The standard InChI is InChI=1S/C25H24BFN6O.C2H6/c1-32-12-15-11-18(25(34)23(27)24(15)31-32)19-5-6-21-20(29-19)7-8-22(30-21)33-10-9-17(13-33)26(14-28)16-3-2-4-16;1-2/h5-8,11-12,16-17,34H,2-4,9-10,13H2,1H3;1-2H3. The van der Waals surface area contributed by atoms with Crippen molar-refractivity contribution in [1.29, 1.82) is 5.26 Å². The van der Waals surface area contributed by atoms with Gasteiger partial charge in [0.05, 0.1) is 16.7 Å². The normalized spacial score (nSPS) is 17.5. The van der Waals surface area contributed by atoms with E-state index in [-0.39, 0.29) is 12.2 Å². The van der Waals surface area contributed by atoms with E-state index >= 15 is 0 Å². The molecule has 1 unspecified atom stereocenters. The molecule has 6 rings (SSSR count). The maximum absolute atomic E-state index is 14.7. The van der Waals surface area contributed by atoms with Gasteiger partial charge in [0, 0.05) is 43.3 Å². The predicted molar refractivity (Wildman–Crippen MR) is 142 cm³/mol. The number of nitrogens with zero attached hydrogens (tertiary/aromatic N) is 6. The third-order valence-electron chi connectivity index (χ3n) is 7.49. The first-order valence-corrected chi connectivity index (χ1v) is 12.8. The number of hydrogen-bond donors (Lipinski definition) is 1. The summed E-state index contributed by atoms with van der Waals surface area (Å²) in [5, 5.41) is 24.8. The number of phenolic OH excluding ortho intramolecular Hbond substituents is 1. The van der Waals surface area contributed by atoms with Gasteiger partial charge in [-0.1, -0.05) is 33.1 Å². The van der Waals surface area contributed by atoms with Crippen LogP contribution in [0.2, 0.25) is 11.6 Å². The fourth-order valence-electron chi connectivity index (χ4n) is 5.44. The van der Waals surface area contributed by atoms with Gasteiger partial charge in [0.25, 0.3) is 6.71 Å². The van der Waals surface area contributed by atoms with Gasteiger partial charge in [0.15, 0.2) is 11.6 Å². The average Bonchev–Trinajstić information content (AvgIpc) is 3.51. The van der Waals surface area contributed by atoms with Crippen molar-refractivity contribution in [2.24, 2.45) is 7.05 Å². The number of anilines is 1. The molecule has 2 aliphatic rings. The van der Waals surface area contributed by atoms with E-state index in [4.69, 9.17) is 4.98 Å². The molecular weight excluding hydrogens is 454 g/mol. The second-order valence-corrected chi connectivity index (χ2v) is 9.57. The van der Waals surface area contributed by atoms with Gasteiger partial charge in [-0.05, 0) is 48.4 Å². The van der Waals surface area contributed by atoms with E-state index in [1.165, 1.54) is 23.9 Å². The molecule has 1 saturated heterocycles. The number of aromatic hydroxyl groups is 1. The van der Waals surface area contributed by atoms with Gasteiger partial charge in [-0.2, -0.15) is 5.10 Å². The molecule has 0 radical (unpaired) electrons. The fourth-order valence-corrected chi connectivity index (χ4v) is 5.44. The number of pyridine rings is 2. The highest BCUT2D eigenvalue weighted by Crippen LogP contribution is 2.42. The summed E-state index contributed by atoms with van der Waals surface area (Å²) in [6.07, 6.45) is 6.35. The van der Waals surface area contributed by atoms with Crippen molar-refractivity contribution >= 4 is 34.5 Å². The molecule has 1 aliphatic carbocycles. The molecular formula is C27H30BFN6O. The molecule has 1 aliphatic heterocycles. The molecule has 0 spiro atoms. The summed E-state index contributed by atoms with van der Waals surface area (Å²) >= 11 is 0. The van der Waals surface area contributed by atoms with Crippen molar-refractivity contribution in [2.45, 2.75) is 51.2 Å². The number of phenols is 1. The third-order valence-corrected chi connectivity index (χ3v) is 7.49. The van der Waals surface area contributed by atoms with Gasteiger partial charge in [-0.15, -0.1) is 0 Å². The Morgan fingerprint density at radius 3 is 2.56 bits per heavy atom. The zero-order chi connectivity index (χ0) is 25.4. The molecule has 0 bridgehead atoms. The highest BCUT2D eigenvalue weighted by molar-refractivity contribution is 6.70. The number of aryl methyl sites for hydroxylation is 1. The summed E-state index contributed by atoms with van der Waals surface area (Å²) in [6.45, 7) is 5.91. The van der Waals surface area contributed by atoms with Gasteiger partial charge >= 0.3 is 0 Å². The first kappa shape index (κ1) is 24.0. The highest BCUT2D eigenvalue weighted by Gasteiger charge is 2.40. The van der Waals surface area contributed by atoms with Crippen LogP contribution < -0.4 is 4.90 Å². The Morgan fingerprint density at radius 1 is 1.08 bits per heavy atom. The van der Waals surface area contributed by atoms with Crippen LogP contribution in [-0.4, -0.2) is 44.7 Å². The minimum absolute atomic E-state index is 0.135. The molecule has 2 fully saturated rings. The molecule has 1 aromatic carbocycles. The van der Waals surface area contributed by atoms with Crippen LogP contribution in [0.4, 0.5) is 10.2 Å². The van der Waals surface area contributed by atoms with Crippen LogP contribution in [0.5, 0.6) is 5.75 Å². The van der Waals surface area contributed by atoms with Crippen molar-refractivity contribution in [3.8, 4) is 23.0 Å². The van der Waals surface area contributed by atoms with Crippen molar-refractivity contribution in [1.82, 2.24) is 19.7 Å². The van der Waals surface area contributed by atoms with E-state index in [1.54, 1.807) is 25.4 Å². The zero-order valence-electron chi connectivity index (χ0n) is 20.9. The van der Waals surface area contributed by atoms with Crippen molar-refractivity contribution in [3.63, 3.8) is 0 Å². The van der Waals surface area contributed by atoms with Crippen LogP contribution in [0.3, 0.4) is 0 Å². The smallest absolute Gasteiger partial charge is 0.275 e. The van der Waals surface area contributed by atoms with Gasteiger partial charge in [0.2, 0.25) is 0 Å². The van der Waals surface area contributed by atoms with E-state index in [0.717, 1.165) is 30.8 Å². The Kier molecular flexibility index (Phi) is 6.52. The summed E-state index contributed by atoms with van der Waals surface area (Å²) in [5.74, 6) is 3.23. The summed E-state index contributed by atoms with van der Waals surface area (Å²) in [4.78, 5) is 11.7. The van der Waals surface area contributed by atoms with Gasteiger partial charge in [-0.25, -0.2) is 19.6 Å². The van der Waals surface area contributed by atoms with Crippen LogP contribution in [0, 0.1) is 17.0 Å². The van der Waals surface area contributed by atoms with Crippen LogP contribution in [-0.2, 0) is 7.05 Å². The number of aromatic nitrogens is 4. The third kappa shape index (κ3) is 4.15. The second kappa shape index (κ2) is 9.77. The molecule has 1 N–H and O–H groups in total. The molecule has 4 aromatic rings. The van der Waals surface area contributed by atoms with E-state index in [0.29, 0.717) is 33.8 Å². The monoisotopic (exact) mass is 484 g/mol. The van der Waals surface area contributed by atoms with Crippen LogP contribution in [0.15, 0.2) is 36.5 Å². The quantitative estimate of drug-likeness (QED) is 0.371. The average molecular weight is 484 g/mol. The lowest BCUT2D eigenvalue weighted by molar-refractivity contribution is 0.437. The summed E-state index contributed by atoms with van der Waals surface area (Å²) in [5.41, 5.74) is 2.35. The maximum atomic E-state index is 14.7. The first-order valence-electron chi connectivity index (χ1n) is 12.8. The zero-order valence-corrected chi connectivity index (χ0v) is 20.9. The Labute approximate surface area is 210 Å². The summed E-state index contributed by atoms with van der Waals surface area (Å²) in [6, 6.07) is 9.18. The number of benzene rings is 1. The topological polar surface area (TPSA) is 90.9 Å². The lowest BCUT2D eigenvalue weighted by atomic mass is 9.31. The Balaban J connectivity index is 0.00000130. The molecule has 0 amide bonds. The van der Waals surface area contributed by atoms with Crippen LogP contribution in [0.25, 0.3) is 33.2 Å². The fraction of sp³-hybridized carbons (Fsp3) is 0.407. The van der Waals surface area contributed by atoms with Gasteiger partial charge in [-0.3, -0.25) is 4.68 Å². The molecule has 9 heteroatoms. The van der Waals surface area contributed by atoms with Crippen molar-refractivity contribution in [3.05, 3.63) is 42.3 Å². The largest absolute Gasteiger partial charge is 0.504 e. The van der Waals surface area contributed by atoms with Crippen LogP contribution in [0.1, 0.15) is 39.5 Å². The second-order valence-electron chi connectivity index (χ2n) is 9.57.